The lowest BCUT2D eigenvalue weighted by molar-refractivity contribution is -0.146. The number of hydrogen-bond donors (Lipinski definition) is 2. The first-order chi connectivity index (χ1) is 12.5. The number of nitrogens with zero attached hydrogens (tertiary/aromatic N) is 1. The monoisotopic (exact) mass is 356 g/mol. The maximum atomic E-state index is 12.6. The molecule has 6 heteroatoms. The van der Waals surface area contributed by atoms with Crippen molar-refractivity contribution in [2.45, 2.75) is 38.6 Å². The highest BCUT2D eigenvalue weighted by Crippen LogP contribution is 2.27. The largest absolute Gasteiger partial charge is 0.481 e. The Bertz CT molecular complexity index is 728. The molecule has 2 amide bonds. The fourth-order valence-corrected chi connectivity index (χ4v) is 3.61. The minimum Gasteiger partial charge on any atom is -0.481 e. The molecule has 1 saturated heterocycles. The van der Waals surface area contributed by atoms with Crippen molar-refractivity contribution in [2.75, 3.05) is 11.9 Å². The van der Waals surface area contributed by atoms with Crippen molar-refractivity contribution in [1.82, 2.24) is 4.90 Å². The highest BCUT2D eigenvalue weighted by atomic mass is 16.4. The number of nitrogens with one attached hydrogen (secondary N) is 1. The Morgan fingerprint density at radius 3 is 2.65 bits per heavy atom. The van der Waals surface area contributed by atoms with Gasteiger partial charge in [0.1, 0.15) is 0 Å². The molecule has 1 fully saturated rings. The van der Waals surface area contributed by atoms with E-state index in [9.17, 15) is 19.5 Å². The first-order valence-electron chi connectivity index (χ1n) is 9.10. The van der Waals surface area contributed by atoms with Gasteiger partial charge in [-0.05, 0) is 43.4 Å². The number of benzene rings is 1. The van der Waals surface area contributed by atoms with Crippen molar-refractivity contribution in [1.29, 1.82) is 0 Å². The zero-order valence-electron chi connectivity index (χ0n) is 14.7. The van der Waals surface area contributed by atoms with E-state index in [1.807, 2.05) is 35.3 Å². The average Bonchev–Trinajstić information content (AvgIpc) is 2.64. The van der Waals surface area contributed by atoms with Gasteiger partial charge in [0.05, 0.1) is 11.8 Å². The Morgan fingerprint density at radius 2 is 1.92 bits per heavy atom. The second-order valence-corrected chi connectivity index (χ2v) is 6.96. The fraction of sp³-hybridized carbons (Fsp3) is 0.450. The molecular formula is C20H24N2O4. The van der Waals surface area contributed by atoms with Crippen LogP contribution in [-0.2, 0) is 20.9 Å². The van der Waals surface area contributed by atoms with Crippen molar-refractivity contribution in [2.24, 2.45) is 11.8 Å². The van der Waals surface area contributed by atoms with Crippen molar-refractivity contribution in [3.63, 3.8) is 0 Å². The van der Waals surface area contributed by atoms with E-state index in [-0.39, 0.29) is 11.8 Å². The van der Waals surface area contributed by atoms with Crippen LogP contribution in [0.5, 0.6) is 0 Å². The van der Waals surface area contributed by atoms with Crippen LogP contribution in [0.3, 0.4) is 0 Å². The lowest BCUT2D eigenvalue weighted by Crippen LogP contribution is -2.35. The van der Waals surface area contributed by atoms with Crippen LogP contribution in [0.2, 0.25) is 0 Å². The van der Waals surface area contributed by atoms with E-state index in [0.717, 1.165) is 24.9 Å². The van der Waals surface area contributed by atoms with Crippen LogP contribution < -0.4 is 5.32 Å². The normalized spacial score (nSPS) is 22.9. The van der Waals surface area contributed by atoms with Crippen LogP contribution in [0.15, 0.2) is 36.4 Å². The molecule has 0 unspecified atom stereocenters. The molecule has 0 radical (unpaired) electrons. The maximum Gasteiger partial charge on any atom is 0.307 e. The zero-order valence-corrected chi connectivity index (χ0v) is 14.7. The van der Waals surface area contributed by atoms with E-state index in [0.29, 0.717) is 31.5 Å². The van der Waals surface area contributed by atoms with Crippen molar-refractivity contribution in [3.8, 4) is 0 Å². The molecule has 1 aliphatic carbocycles. The van der Waals surface area contributed by atoms with Gasteiger partial charge in [-0.3, -0.25) is 14.4 Å². The zero-order chi connectivity index (χ0) is 18.5. The number of aliphatic carboxylic acids is 1. The van der Waals surface area contributed by atoms with Gasteiger partial charge in [-0.15, -0.1) is 0 Å². The molecule has 6 nitrogen and oxygen atoms in total. The van der Waals surface area contributed by atoms with Gasteiger partial charge in [0.15, 0.2) is 0 Å². The van der Waals surface area contributed by atoms with E-state index < -0.39 is 17.8 Å². The summed E-state index contributed by atoms with van der Waals surface area (Å²) in [5, 5.41) is 12.2. The van der Waals surface area contributed by atoms with Crippen LogP contribution >= 0.6 is 0 Å². The van der Waals surface area contributed by atoms with Crippen LogP contribution in [0, 0.1) is 11.8 Å². The molecular weight excluding hydrogens is 332 g/mol. The van der Waals surface area contributed by atoms with E-state index >= 15 is 0 Å². The summed E-state index contributed by atoms with van der Waals surface area (Å²) < 4.78 is 0. The third-order valence-corrected chi connectivity index (χ3v) is 5.08. The predicted molar refractivity (Wildman–Crippen MR) is 97.3 cm³/mol. The molecule has 2 N–H and O–H groups in total. The number of rotatable bonds is 5. The first kappa shape index (κ1) is 18.2. The lowest BCUT2D eigenvalue weighted by atomic mass is 9.82. The molecule has 2 atom stereocenters. The molecule has 3 rings (SSSR count). The summed E-state index contributed by atoms with van der Waals surface area (Å²) in [4.78, 5) is 37.7. The van der Waals surface area contributed by atoms with Gasteiger partial charge >= 0.3 is 5.97 Å². The number of carboxylic acids is 1. The Hall–Kier alpha value is -2.63. The smallest absolute Gasteiger partial charge is 0.307 e. The number of likely N-dealkylation sites (tertiary alicyclic amines) is 1. The van der Waals surface area contributed by atoms with E-state index in [1.165, 1.54) is 0 Å². The van der Waals surface area contributed by atoms with Gasteiger partial charge in [0.2, 0.25) is 11.8 Å². The van der Waals surface area contributed by atoms with Gasteiger partial charge in [-0.25, -0.2) is 0 Å². The molecule has 1 aromatic carbocycles. The number of carbonyl (C=O) groups is 3. The number of allylic oxidation sites excluding steroid dienone is 2. The van der Waals surface area contributed by atoms with E-state index in [4.69, 9.17) is 0 Å². The van der Waals surface area contributed by atoms with Crippen LogP contribution in [0.25, 0.3) is 0 Å². The van der Waals surface area contributed by atoms with Crippen molar-refractivity contribution < 1.29 is 19.5 Å². The quantitative estimate of drug-likeness (QED) is 0.794. The highest BCUT2D eigenvalue weighted by Gasteiger charge is 2.34. The standard InChI is InChI=1S/C20H24N2O4/c23-18-10-3-4-11-22(18)13-14-6-5-7-15(12-14)21-19(24)16-8-1-2-9-17(16)20(25)26/h1-2,5-7,12,16-17H,3-4,8-11,13H2,(H,21,24)(H,25,26)/t16-,17+/m0/s1. The average molecular weight is 356 g/mol. The van der Waals surface area contributed by atoms with Gasteiger partial charge < -0.3 is 15.3 Å². The Kier molecular flexibility index (Phi) is 5.71. The van der Waals surface area contributed by atoms with Gasteiger partial charge in [-0.2, -0.15) is 0 Å². The first-order valence-corrected chi connectivity index (χ1v) is 9.10. The highest BCUT2D eigenvalue weighted by molar-refractivity contribution is 5.95. The second-order valence-electron chi connectivity index (χ2n) is 6.96. The number of anilines is 1. The third-order valence-electron chi connectivity index (χ3n) is 5.08. The molecule has 26 heavy (non-hydrogen) atoms. The van der Waals surface area contributed by atoms with Crippen LogP contribution in [0.4, 0.5) is 5.69 Å². The summed E-state index contributed by atoms with van der Waals surface area (Å²) in [5.41, 5.74) is 1.59. The summed E-state index contributed by atoms with van der Waals surface area (Å²) in [6.45, 7) is 1.30. The lowest BCUT2D eigenvalue weighted by Gasteiger charge is -2.27. The van der Waals surface area contributed by atoms with Gasteiger partial charge in [0.25, 0.3) is 0 Å². The number of hydrogen-bond acceptors (Lipinski definition) is 3. The summed E-state index contributed by atoms with van der Waals surface area (Å²) in [7, 11) is 0. The number of amides is 2. The van der Waals surface area contributed by atoms with Crippen molar-refractivity contribution in [3.05, 3.63) is 42.0 Å². The Labute approximate surface area is 152 Å². The number of carboxylic acid groups (broad SMARTS) is 1. The fourth-order valence-electron chi connectivity index (χ4n) is 3.61. The summed E-state index contributed by atoms with van der Waals surface area (Å²) >= 11 is 0. The number of piperidine rings is 1. The molecule has 0 bridgehead atoms. The van der Waals surface area contributed by atoms with Gasteiger partial charge in [-0.1, -0.05) is 24.3 Å². The van der Waals surface area contributed by atoms with Crippen LogP contribution in [-0.4, -0.2) is 34.3 Å². The molecule has 0 saturated carbocycles. The van der Waals surface area contributed by atoms with Crippen molar-refractivity contribution >= 4 is 23.5 Å². The minimum absolute atomic E-state index is 0.170. The van der Waals surface area contributed by atoms with Crippen LogP contribution in [0.1, 0.15) is 37.7 Å². The molecule has 0 spiro atoms. The SMILES string of the molecule is O=C(Nc1cccc(CN2CCCCC2=O)c1)[C@H]1CC=CC[C@H]1C(=O)O. The molecule has 2 aliphatic rings. The molecule has 0 aromatic heterocycles. The summed E-state index contributed by atoms with van der Waals surface area (Å²) in [6, 6.07) is 7.41. The Morgan fingerprint density at radius 1 is 1.15 bits per heavy atom. The molecule has 1 aliphatic heterocycles. The van der Waals surface area contributed by atoms with E-state index in [1.54, 1.807) is 6.07 Å². The summed E-state index contributed by atoms with van der Waals surface area (Å²) in [6.07, 6.45) is 7.07. The second kappa shape index (κ2) is 8.17. The maximum absolute atomic E-state index is 12.6. The van der Waals surface area contributed by atoms with Gasteiger partial charge in [0, 0.05) is 25.2 Å². The predicted octanol–water partition coefficient (Wildman–Crippen LogP) is 2.80. The molecule has 1 heterocycles. The Balaban J connectivity index is 1.66. The topological polar surface area (TPSA) is 86.7 Å². The third kappa shape index (κ3) is 4.31. The molecule has 138 valence electrons. The minimum atomic E-state index is -0.938. The van der Waals surface area contributed by atoms with E-state index in [2.05, 4.69) is 5.32 Å². The number of carbonyl (C=O) groups excluding carboxylic acids is 2. The molecule has 1 aromatic rings. The summed E-state index contributed by atoms with van der Waals surface area (Å²) in [5.74, 6) is -2.29.